The van der Waals surface area contributed by atoms with E-state index >= 15 is 0 Å². The zero-order chi connectivity index (χ0) is 14.3. The molecular formula is C13H24N4O2. The number of aliphatic hydroxyl groups is 1. The molecule has 1 aromatic rings. The second-order valence-corrected chi connectivity index (χ2v) is 4.63. The molecule has 0 aliphatic rings. The molecule has 1 aromatic heterocycles. The van der Waals surface area contributed by atoms with Crippen LogP contribution >= 0.6 is 0 Å². The third-order valence-corrected chi connectivity index (χ3v) is 2.91. The Bertz CT molecular complexity index is 403. The number of urea groups is 1. The van der Waals surface area contributed by atoms with Gasteiger partial charge < -0.3 is 10.4 Å². The molecule has 19 heavy (non-hydrogen) atoms. The van der Waals surface area contributed by atoms with Crippen LogP contribution in [0.3, 0.4) is 0 Å². The van der Waals surface area contributed by atoms with Gasteiger partial charge in [0.15, 0.2) is 0 Å². The third kappa shape index (κ3) is 5.30. The Morgan fingerprint density at radius 1 is 1.53 bits per heavy atom. The second kappa shape index (κ2) is 7.78. The van der Waals surface area contributed by atoms with Crippen LogP contribution in [-0.4, -0.2) is 33.6 Å². The van der Waals surface area contributed by atoms with Gasteiger partial charge in [0, 0.05) is 19.7 Å². The van der Waals surface area contributed by atoms with E-state index in [2.05, 4.69) is 22.7 Å². The SMILES string of the molecule is CCCc1cc(NC(=O)NCCC(O)CC)n(C)n1. The third-order valence-electron chi connectivity index (χ3n) is 2.91. The molecule has 0 radical (unpaired) electrons. The Labute approximate surface area is 114 Å². The normalized spacial score (nSPS) is 12.2. The highest BCUT2D eigenvalue weighted by molar-refractivity contribution is 5.88. The fourth-order valence-corrected chi connectivity index (χ4v) is 1.74. The summed E-state index contributed by atoms with van der Waals surface area (Å²) >= 11 is 0. The number of amides is 2. The number of hydrogen-bond acceptors (Lipinski definition) is 3. The number of aromatic nitrogens is 2. The molecule has 1 heterocycles. The molecule has 3 N–H and O–H groups in total. The molecule has 0 fully saturated rings. The van der Waals surface area contributed by atoms with Gasteiger partial charge in [0.1, 0.15) is 5.82 Å². The van der Waals surface area contributed by atoms with Crippen LogP contribution in [0.1, 0.15) is 38.8 Å². The van der Waals surface area contributed by atoms with Gasteiger partial charge in [-0.2, -0.15) is 5.10 Å². The molecule has 2 amide bonds. The molecule has 1 rings (SSSR count). The summed E-state index contributed by atoms with van der Waals surface area (Å²) in [5.74, 6) is 0.678. The number of carbonyl (C=O) groups is 1. The van der Waals surface area contributed by atoms with Gasteiger partial charge in [0.2, 0.25) is 0 Å². The van der Waals surface area contributed by atoms with Crippen LogP contribution in [0, 0.1) is 0 Å². The number of nitrogens with one attached hydrogen (secondary N) is 2. The molecule has 1 atom stereocenters. The average Bonchev–Trinajstić information content (AvgIpc) is 2.70. The standard InChI is InChI=1S/C13H24N4O2/c1-4-6-10-9-12(17(3)16-10)15-13(19)14-8-7-11(18)5-2/h9,11,18H,4-8H2,1-3H3,(H2,14,15,19). The smallest absolute Gasteiger partial charge is 0.320 e. The van der Waals surface area contributed by atoms with Crippen LogP contribution in [-0.2, 0) is 13.5 Å². The molecule has 0 saturated carbocycles. The number of aliphatic hydroxyl groups excluding tert-OH is 1. The first kappa shape index (κ1) is 15.5. The maximum absolute atomic E-state index is 11.7. The topological polar surface area (TPSA) is 79.2 Å². The van der Waals surface area contributed by atoms with Crippen LogP contribution in [0.4, 0.5) is 10.6 Å². The lowest BCUT2D eigenvalue weighted by molar-refractivity contribution is 0.160. The molecule has 6 nitrogen and oxygen atoms in total. The van der Waals surface area contributed by atoms with Crippen molar-refractivity contribution in [1.29, 1.82) is 0 Å². The summed E-state index contributed by atoms with van der Waals surface area (Å²) in [5, 5.41) is 19.2. The minimum atomic E-state index is -0.354. The van der Waals surface area contributed by atoms with E-state index < -0.39 is 0 Å². The maximum Gasteiger partial charge on any atom is 0.320 e. The monoisotopic (exact) mass is 268 g/mol. The van der Waals surface area contributed by atoms with Gasteiger partial charge in [0.25, 0.3) is 0 Å². The molecule has 6 heteroatoms. The van der Waals surface area contributed by atoms with Crippen LogP contribution in [0.2, 0.25) is 0 Å². The zero-order valence-corrected chi connectivity index (χ0v) is 11.9. The van der Waals surface area contributed by atoms with Crippen LogP contribution < -0.4 is 10.6 Å². The zero-order valence-electron chi connectivity index (χ0n) is 11.9. The van der Waals surface area contributed by atoms with Crippen molar-refractivity contribution >= 4 is 11.8 Å². The predicted molar refractivity (Wildman–Crippen MR) is 75.1 cm³/mol. The fraction of sp³-hybridized carbons (Fsp3) is 0.692. The molecular weight excluding hydrogens is 244 g/mol. The van der Waals surface area contributed by atoms with E-state index in [1.807, 2.05) is 13.0 Å². The van der Waals surface area contributed by atoms with Crippen molar-refractivity contribution in [2.24, 2.45) is 7.05 Å². The van der Waals surface area contributed by atoms with E-state index in [9.17, 15) is 9.90 Å². The van der Waals surface area contributed by atoms with Crippen LogP contribution in [0.5, 0.6) is 0 Å². The van der Waals surface area contributed by atoms with Gasteiger partial charge in [-0.3, -0.25) is 10.00 Å². The van der Waals surface area contributed by atoms with Gasteiger partial charge in [-0.05, 0) is 19.3 Å². The average molecular weight is 268 g/mol. The van der Waals surface area contributed by atoms with Crippen molar-refractivity contribution < 1.29 is 9.90 Å². The molecule has 108 valence electrons. The van der Waals surface area contributed by atoms with Gasteiger partial charge in [-0.1, -0.05) is 20.3 Å². The van der Waals surface area contributed by atoms with Crippen molar-refractivity contribution in [2.75, 3.05) is 11.9 Å². The first-order chi connectivity index (χ1) is 9.06. The molecule has 0 spiro atoms. The van der Waals surface area contributed by atoms with Crippen LogP contribution in [0.15, 0.2) is 6.07 Å². The first-order valence-electron chi connectivity index (χ1n) is 6.82. The lowest BCUT2D eigenvalue weighted by atomic mass is 10.2. The Morgan fingerprint density at radius 3 is 2.89 bits per heavy atom. The number of aryl methyl sites for hydroxylation is 2. The maximum atomic E-state index is 11.7. The highest BCUT2D eigenvalue weighted by atomic mass is 16.3. The number of rotatable bonds is 7. The second-order valence-electron chi connectivity index (χ2n) is 4.63. The summed E-state index contributed by atoms with van der Waals surface area (Å²) in [7, 11) is 1.80. The molecule has 0 aliphatic carbocycles. The molecule has 0 aliphatic heterocycles. The summed E-state index contributed by atoms with van der Waals surface area (Å²) in [6.07, 6.45) is 2.84. The predicted octanol–water partition coefficient (Wildman–Crippen LogP) is 1.66. The highest BCUT2D eigenvalue weighted by Crippen LogP contribution is 2.10. The quantitative estimate of drug-likeness (QED) is 0.703. The number of carbonyl (C=O) groups excluding carboxylic acids is 1. The van der Waals surface area contributed by atoms with E-state index in [0.717, 1.165) is 18.5 Å². The fourth-order valence-electron chi connectivity index (χ4n) is 1.74. The molecule has 1 unspecified atom stereocenters. The Hall–Kier alpha value is -1.56. The first-order valence-corrected chi connectivity index (χ1v) is 6.82. The highest BCUT2D eigenvalue weighted by Gasteiger charge is 2.08. The van der Waals surface area contributed by atoms with Crippen molar-refractivity contribution in [3.05, 3.63) is 11.8 Å². The van der Waals surface area contributed by atoms with Crippen molar-refractivity contribution in [2.45, 2.75) is 45.6 Å². The van der Waals surface area contributed by atoms with Crippen molar-refractivity contribution in [3.8, 4) is 0 Å². The Kier molecular flexibility index (Phi) is 6.35. The Morgan fingerprint density at radius 2 is 2.26 bits per heavy atom. The number of anilines is 1. The van der Waals surface area contributed by atoms with E-state index in [1.165, 1.54) is 0 Å². The van der Waals surface area contributed by atoms with Gasteiger partial charge in [-0.15, -0.1) is 0 Å². The molecule has 0 bridgehead atoms. The summed E-state index contributed by atoms with van der Waals surface area (Å²) in [4.78, 5) is 11.7. The number of nitrogens with zero attached hydrogens (tertiary/aromatic N) is 2. The van der Waals surface area contributed by atoms with E-state index in [0.29, 0.717) is 25.2 Å². The minimum Gasteiger partial charge on any atom is -0.393 e. The summed E-state index contributed by atoms with van der Waals surface area (Å²) in [6, 6.07) is 1.61. The lowest BCUT2D eigenvalue weighted by Gasteiger charge is -2.09. The minimum absolute atomic E-state index is 0.269. The lowest BCUT2D eigenvalue weighted by Crippen LogP contribution is -2.31. The van der Waals surface area contributed by atoms with E-state index in [-0.39, 0.29) is 12.1 Å². The molecule has 0 aromatic carbocycles. The Balaban J connectivity index is 2.39. The van der Waals surface area contributed by atoms with Gasteiger partial charge in [0.05, 0.1) is 11.8 Å². The van der Waals surface area contributed by atoms with E-state index in [1.54, 1.807) is 11.7 Å². The number of hydrogen-bond donors (Lipinski definition) is 3. The summed E-state index contributed by atoms with van der Waals surface area (Å²) in [5.41, 5.74) is 0.974. The van der Waals surface area contributed by atoms with E-state index in [4.69, 9.17) is 0 Å². The van der Waals surface area contributed by atoms with Crippen molar-refractivity contribution in [1.82, 2.24) is 15.1 Å². The molecule has 0 saturated heterocycles. The van der Waals surface area contributed by atoms with Gasteiger partial charge >= 0.3 is 6.03 Å². The summed E-state index contributed by atoms with van der Waals surface area (Å²) in [6.45, 7) is 4.46. The van der Waals surface area contributed by atoms with Crippen molar-refractivity contribution in [3.63, 3.8) is 0 Å². The van der Waals surface area contributed by atoms with Gasteiger partial charge in [-0.25, -0.2) is 4.79 Å². The van der Waals surface area contributed by atoms with Crippen LogP contribution in [0.25, 0.3) is 0 Å². The largest absolute Gasteiger partial charge is 0.393 e. The summed E-state index contributed by atoms with van der Waals surface area (Å²) < 4.78 is 1.66.